The van der Waals surface area contributed by atoms with Crippen molar-refractivity contribution in [3.05, 3.63) is 29.8 Å². The predicted octanol–water partition coefficient (Wildman–Crippen LogP) is 8.77. The molecule has 0 amide bonds. The number of benzene rings is 1. The second-order valence-electron chi connectivity index (χ2n) is 11.0. The van der Waals surface area contributed by atoms with Crippen LogP contribution in [0, 0.1) is 29.6 Å². The van der Waals surface area contributed by atoms with Crippen LogP contribution < -0.4 is 4.74 Å². The minimum Gasteiger partial charge on any atom is -0.497 e. The predicted molar refractivity (Wildman–Crippen MR) is 128 cm³/mol. The number of hydrogen-bond acceptors (Lipinski definition) is 1. The quantitative estimate of drug-likeness (QED) is 0.389. The van der Waals surface area contributed by atoms with E-state index in [1.807, 2.05) is 0 Å². The van der Waals surface area contributed by atoms with Crippen LogP contribution in [0.1, 0.15) is 115 Å². The highest BCUT2D eigenvalue weighted by atomic mass is 16.5. The van der Waals surface area contributed by atoms with Crippen molar-refractivity contribution in [1.29, 1.82) is 0 Å². The summed E-state index contributed by atoms with van der Waals surface area (Å²) < 4.78 is 5.33. The van der Waals surface area contributed by atoms with Crippen LogP contribution in [-0.4, -0.2) is 7.11 Å². The van der Waals surface area contributed by atoms with Gasteiger partial charge in [0, 0.05) is 0 Å². The standard InChI is InChI=1S/C29H46O/c1-3-4-5-6-7-22-8-9-28-21-27(15-14-26(28)20-22)25-12-10-23(11-13-25)24-16-18-29(30-2)19-17-24/h16-19,22-23,25-28H,3-15,20-21H2,1-2H3. The minimum atomic E-state index is 0.784. The molecule has 1 aromatic rings. The van der Waals surface area contributed by atoms with Gasteiger partial charge in [0.2, 0.25) is 0 Å². The average molecular weight is 411 g/mol. The number of unbranched alkanes of at least 4 members (excludes halogenated alkanes) is 3. The third-order valence-electron chi connectivity index (χ3n) is 9.25. The summed E-state index contributed by atoms with van der Waals surface area (Å²) in [5, 5.41) is 0. The van der Waals surface area contributed by atoms with Gasteiger partial charge in [0.25, 0.3) is 0 Å². The summed E-state index contributed by atoms with van der Waals surface area (Å²) in [4.78, 5) is 0. The Morgan fingerprint density at radius 3 is 2.03 bits per heavy atom. The van der Waals surface area contributed by atoms with Gasteiger partial charge in [-0.1, -0.05) is 57.6 Å². The lowest BCUT2D eigenvalue weighted by Crippen LogP contribution is -2.34. The van der Waals surface area contributed by atoms with E-state index >= 15 is 0 Å². The Balaban J connectivity index is 1.20. The topological polar surface area (TPSA) is 9.23 Å². The Morgan fingerprint density at radius 1 is 0.700 bits per heavy atom. The second kappa shape index (κ2) is 11.1. The van der Waals surface area contributed by atoms with Gasteiger partial charge in [-0.2, -0.15) is 0 Å². The lowest BCUT2D eigenvalue weighted by atomic mass is 9.60. The van der Waals surface area contributed by atoms with E-state index in [1.165, 1.54) is 63.4 Å². The number of fused-ring (bicyclic) bond motifs is 1. The summed E-state index contributed by atoms with van der Waals surface area (Å²) in [7, 11) is 1.76. The normalized spacial score (nSPS) is 34.3. The molecule has 168 valence electrons. The molecule has 1 heteroatoms. The molecular weight excluding hydrogens is 364 g/mol. The maximum absolute atomic E-state index is 5.33. The molecular formula is C29H46O. The number of hydrogen-bond donors (Lipinski definition) is 0. The number of methoxy groups -OCH3 is 1. The molecule has 1 aromatic carbocycles. The minimum absolute atomic E-state index is 0.784. The fourth-order valence-corrected chi connectivity index (χ4v) is 7.37. The third kappa shape index (κ3) is 5.63. The van der Waals surface area contributed by atoms with E-state index < -0.39 is 0 Å². The van der Waals surface area contributed by atoms with Gasteiger partial charge >= 0.3 is 0 Å². The van der Waals surface area contributed by atoms with Gasteiger partial charge in [0.1, 0.15) is 5.75 Å². The first kappa shape index (κ1) is 22.2. The van der Waals surface area contributed by atoms with E-state index in [-0.39, 0.29) is 0 Å². The summed E-state index contributed by atoms with van der Waals surface area (Å²) in [6.07, 6.45) is 22.4. The molecule has 0 aliphatic heterocycles. The van der Waals surface area contributed by atoms with E-state index in [9.17, 15) is 0 Å². The molecule has 3 aliphatic rings. The summed E-state index contributed by atoms with van der Waals surface area (Å²) in [6.45, 7) is 2.33. The van der Waals surface area contributed by atoms with E-state index in [4.69, 9.17) is 4.74 Å². The first-order chi connectivity index (χ1) is 14.8. The second-order valence-corrected chi connectivity index (χ2v) is 11.0. The van der Waals surface area contributed by atoms with Crippen molar-refractivity contribution in [2.75, 3.05) is 7.11 Å². The summed E-state index contributed by atoms with van der Waals surface area (Å²) in [5.41, 5.74) is 1.54. The van der Waals surface area contributed by atoms with Crippen LogP contribution in [0.25, 0.3) is 0 Å². The average Bonchev–Trinajstić information content (AvgIpc) is 2.81. The van der Waals surface area contributed by atoms with Gasteiger partial charge < -0.3 is 4.74 Å². The molecule has 0 N–H and O–H groups in total. The fourth-order valence-electron chi connectivity index (χ4n) is 7.37. The molecule has 0 spiro atoms. The SMILES string of the molecule is CCCCCCC1CCC2CC(C3CCC(c4ccc(OC)cc4)CC3)CCC2C1. The van der Waals surface area contributed by atoms with Crippen LogP contribution in [0.5, 0.6) is 5.75 Å². The molecule has 0 heterocycles. The molecule has 3 aliphatic carbocycles. The Morgan fingerprint density at radius 2 is 1.33 bits per heavy atom. The zero-order valence-corrected chi connectivity index (χ0v) is 19.8. The van der Waals surface area contributed by atoms with Crippen LogP contribution in [-0.2, 0) is 0 Å². The van der Waals surface area contributed by atoms with E-state index in [1.54, 1.807) is 45.6 Å². The van der Waals surface area contributed by atoms with Crippen LogP contribution in [0.4, 0.5) is 0 Å². The van der Waals surface area contributed by atoms with E-state index in [0.29, 0.717) is 0 Å². The van der Waals surface area contributed by atoms with Crippen molar-refractivity contribution < 1.29 is 4.74 Å². The molecule has 30 heavy (non-hydrogen) atoms. The molecule has 0 radical (unpaired) electrons. The highest BCUT2D eigenvalue weighted by Crippen LogP contribution is 2.50. The van der Waals surface area contributed by atoms with Crippen molar-refractivity contribution in [2.24, 2.45) is 29.6 Å². The zero-order chi connectivity index (χ0) is 20.8. The summed E-state index contributed by atoms with van der Waals surface area (Å²) in [6, 6.07) is 8.89. The highest BCUT2D eigenvalue weighted by Gasteiger charge is 2.38. The zero-order valence-electron chi connectivity index (χ0n) is 19.8. The first-order valence-electron chi connectivity index (χ1n) is 13.4. The number of rotatable bonds is 8. The van der Waals surface area contributed by atoms with Gasteiger partial charge in [0.05, 0.1) is 7.11 Å². The fraction of sp³-hybridized carbons (Fsp3) is 0.793. The lowest BCUT2D eigenvalue weighted by molar-refractivity contribution is 0.0613. The smallest absolute Gasteiger partial charge is 0.118 e. The van der Waals surface area contributed by atoms with Gasteiger partial charge in [0.15, 0.2) is 0 Å². The molecule has 3 saturated carbocycles. The first-order valence-corrected chi connectivity index (χ1v) is 13.4. The van der Waals surface area contributed by atoms with Gasteiger partial charge in [-0.3, -0.25) is 0 Å². The summed E-state index contributed by atoms with van der Waals surface area (Å²) >= 11 is 0. The van der Waals surface area contributed by atoms with Gasteiger partial charge in [-0.05, 0) is 111 Å². The van der Waals surface area contributed by atoms with Crippen molar-refractivity contribution in [2.45, 2.75) is 109 Å². The Bertz CT molecular complexity index is 612. The van der Waals surface area contributed by atoms with Crippen molar-refractivity contribution in [3.8, 4) is 5.75 Å². The Kier molecular flexibility index (Phi) is 8.19. The molecule has 4 rings (SSSR count). The molecule has 0 bridgehead atoms. The van der Waals surface area contributed by atoms with Crippen molar-refractivity contribution in [1.82, 2.24) is 0 Å². The van der Waals surface area contributed by atoms with Crippen molar-refractivity contribution in [3.63, 3.8) is 0 Å². The number of ether oxygens (including phenoxy) is 1. The van der Waals surface area contributed by atoms with Crippen LogP contribution in [0.2, 0.25) is 0 Å². The molecule has 4 unspecified atom stereocenters. The van der Waals surface area contributed by atoms with Crippen LogP contribution >= 0.6 is 0 Å². The maximum Gasteiger partial charge on any atom is 0.118 e. The van der Waals surface area contributed by atoms with Crippen LogP contribution in [0.3, 0.4) is 0 Å². The molecule has 1 nitrogen and oxygen atoms in total. The van der Waals surface area contributed by atoms with Gasteiger partial charge in [-0.25, -0.2) is 0 Å². The van der Waals surface area contributed by atoms with Crippen molar-refractivity contribution >= 4 is 0 Å². The molecule has 0 saturated heterocycles. The maximum atomic E-state index is 5.33. The van der Waals surface area contributed by atoms with E-state index in [2.05, 4.69) is 31.2 Å². The Hall–Kier alpha value is -0.980. The largest absolute Gasteiger partial charge is 0.497 e. The highest BCUT2D eigenvalue weighted by molar-refractivity contribution is 5.29. The lowest BCUT2D eigenvalue weighted by Gasteiger charge is -2.45. The monoisotopic (exact) mass is 410 g/mol. The molecule has 4 atom stereocenters. The van der Waals surface area contributed by atoms with E-state index in [0.717, 1.165) is 41.3 Å². The third-order valence-corrected chi connectivity index (χ3v) is 9.25. The molecule has 0 aromatic heterocycles. The van der Waals surface area contributed by atoms with Gasteiger partial charge in [-0.15, -0.1) is 0 Å². The molecule has 3 fully saturated rings. The Labute approximate surface area is 186 Å². The van der Waals surface area contributed by atoms with Crippen LogP contribution in [0.15, 0.2) is 24.3 Å². The summed E-state index contributed by atoms with van der Waals surface area (Å²) in [5.74, 6) is 7.07.